The van der Waals surface area contributed by atoms with Gasteiger partial charge in [-0.2, -0.15) is 11.8 Å². The van der Waals surface area contributed by atoms with E-state index in [0.717, 1.165) is 69.5 Å². The molecule has 1 aromatic heterocycles. The molecule has 3 fully saturated rings. The molecule has 0 aliphatic carbocycles. The van der Waals surface area contributed by atoms with Crippen LogP contribution < -0.4 is 10.6 Å². The first-order valence-corrected chi connectivity index (χ1v) is 11.9. The lowest BCUT2D eigenvalue weighted by Gasteiger charge is -2.38. The quantitative estimate of drug-likeness (QED) is 0.330. The van der Waals surface area contributed by atoms with E-state index in [0.29, 0.717) is 6.04 Å². The molecule has 3 aliphatic rings. The molecule has 8 heteroatoms. The number of halogens is 1. The molecule has 0 amide bonds. The third-order valence-electron chi connectivity index (χ3n) is 5.87. The summed E-state index contributed by atoms with van der Waals surface area (Å²) in [5.41, 5.74) is 0.0757. The molecule has 2 N–H and O–H groups in total. The normalized spacial score (nSPS) is 30.1. The highest BCUT2D eigenvalue weighted by molar-refractivity contribution is 14.0. The van der Waals surface area contributed by atoms with E-state index in [4.69, 9.17) is 18.9 Å². The summed E-state index contributed by atoms with van der Waals surface area (Å²) in [7, 11) is 0. The molecule has 3 unspecified atom stereocenters. The standard InChI is InChI=1S/C21H33N3O3S.HI/c1-2-10-26-19(4-1)15-23-20(22-9-6-18-5-3-11-25-18)24-17-7-12-27-21(14-17)8-13-28-16-21;/h3,5,11,17,19H,1-2,4,6-10,12-16H2,(H2,22,23,24);1H. The van der Waals surface area contributed by atoms with Crippen molar-refractivity contribution in [2.45, 2.75) is 62.7 Å². The van der Waals surface area contributed by atoms with Gasteiger partial charge in [0.25, 0.3) is 0 Å². The monoisotopic (exact) mass is 535 g/mol. The molecule has 3 aliphatic heterocycles. The summed E-state index contributed by atoms with van der Waals surface area (Å²) in [6.07, 6.45) is 9.63. The Morgan fingerprint density at radius 1 is 1.28 bits per heavy atom. The van der Waals surface area contributed by atoms with Gasteiger partial charge in [-0.15, -0.1) is 24.0 Å². The van der Waals surface area contributed by atoms with Gasteiger partial charge in [-0.25, -0.2) is 0 Å². The Hall–Kier alpha value is -0.450. The van der Waals surface area contributed by atoms with E-state index in [-0.39, 0.29) is 35.7 Å². The van der Waals surface area contributed by atoms with E-state index in [1.165, 1.54) is 25.0 Å². The Balaban J connectivity index is 0.00000240. The zero-order chi connectivity index (χ0) is 19.1. The van der Waals surface area contributed by atoms with Gasteiger partial charge in [0.15, 0.2) is 5.96 Å². The zero-order valence-corrected chi connectivity index (χ0v) is 20.2. The van der Waals surface area contributed by atoms with Crippen LogP contribution in [0.4, 0.5) is 0 Å². The number of furan rings is 1. The number of guanidine groups is 1. The van der Waals surface area contributed by atoms with Crippen molar-refractivity contribution in [2.24, 2.45) is 4.99 Å². The highest BCUT2D eigenvalue weighted by Gasteiger charge is 2.40. The summed E-state index contributed by atoms with van der Waals surface area (Å²) in [6.45, 7) is 3.23. The fraction of sp³-hybridized carbons (Fsp3) is 0.762. The fourth-order valence-corrected chi connectivity index (χ4v) is 5.64. The average Bonchev–Trinajstić information content (AvgIpc) is 3.39. The molecule has 3 atom stereocenters. The van der Waals surface area contributed by atoms with Crippen molar-refractivity contribution in [2.75, 3.05) is 37.8 Å². The summed E-state index contributed by atoms with van der Waals surface area (Å²) in [5, 5.41) is 7.19. The van der Waals surface area contributed by atoms with Crippen molar-refractivity contribution in [1.29, 1.82) is 0 Å². The van der Waals surface area contributed by atoms with Crippen molar-refractivity contribution < 1.29 is 13.9 Å². The van der Waals surface area contributed by atoms with Gasteiger partial charge in [-0.3, -0.25) is 4.99 Å². The van der Waals surface area contributed by atoms with E-state index in [1.807, 2.05) is 23.9 Å². The zero-order valence-electron chi connectivity index (χ0n) is 17.1. The number of thioether (sulfide) groups is 1. The largest absolute Gasteiger partial charge is 0.469 e. The van der Waals surface area contributed by atoms with Gasteiger partial charge in [0.05, 0.1) is 24.5 Å². The Bertz CT molecular complexity index is 617. The van der Waals surface area contributed by atoms with Crippen LogP contribution in [0, 0.1) is 0 Å². The van der Waals surface area contributed by atoms with Crippen LogP contribution >= 0.6 is 35.7 Å². The Kier molecular flexibility index (Phi) is 9.46. The van der Waals surface area contributed by atoms with E-state index in [1.54, 1.807) is 6.26 Å². The average molecular weight is 535 g/mol. The van der Waals surface area contributed by atoms with E-state index in [2.05, 4.69) is 10.6 Å². The van der Waals surface area contributed by atoms with Gasteiger partial charge in [0.2, 0.25) is 0 Å². The summed E-state index contributed by atoms with van der Waals surface area (Å²) >= 11 is 2.02. The molecular weight excluding hydrogens is 501 g/mol. The fourth-order valence-electron chi connectivity index (χ4n) is 4.26. The number of ether oxygens (including phenoxy) is 2. The van der Waals surface area contributed by atoms with Crippen LogP contribution in [0.3, 0.4) is 0 Å². The third kappa shape index (κ3) is 7.04. The summed E-state index contributed by atoms with van der Waals surface area (Å²) < 4.78 is 17.5. The smallest absolute Gasteiger partial charge is 0.191 e. The predicted octanol–water partition coefficient (Wildman–Crippen LogP) is 3.60. The molecular formula is C21H34IN3O3S. The summed E-state index contributed by atoms with van der Waals surface area (Å²) in [6, 6.07) is 4.36. The van der Waals surface area contributed by atoms with E-state index >= 15 is 0 Å². The van der Waals surface area contributed by atoms with Crippen LogP contribution in [-0.4, -0.2) is 61.5 Å². The number of hydrogen-bond acceptors (Lipinski definition) is 5. The molecule has 1 spiro atoms. The van der Waals surface area contributed by atoms with Gasteiger partial charge in [-0.05, 0) is 56.4 Å². The lowest BCUT2D eigenvalue weighted by molar-refractivity contribution is -0.0679. The number of rotatable bonds is 6. The minimum atomic E-state index is 0. The van der Waals surface area contributed by atoms with E-state index < -0.39 is 0 Å². The number of nitrogens with zero attached hydrogens (tertiary/aromatic N) is 1. The highest BCUT2D eigenvalue weighted by atomic mass is 127. The lowest BCUT2D eigenvalue weighted by atomic mass is 9.90. The van der Waals surface area contributed by atoms with Crippen molar-refractivity contribution in [3.63, 3.8) is 0 Å². The van der Waals surface area contributed by atoms with Crippen LogP contribution in [-0.2, 0) is 15.9 Å². The van der Waals surface area contributed by atoms with Crippen molar-refractivity contribution >= 4 is 41.7 Å². The topological polar surface area (TPSA) is 68.0 Å². The summed E-state index contributed by atoms with van der Waals surface area (Å²) in [5.74, 6) is 4.23. The molecule has 164 valence electrons. The second-order valence-electron chi connectivity index (χ2n) is 8.10. The van der Waals surface area contributed by atoms with Gasteiger partial charge < -0.3 is 24.5 Å². The lowest BCUT2D eigenvalue weighted by Crippen LogP contribution is -2.52. The molecule has 0 aromatic carbocycles. The molecule has 4 rings (SSSR count). The molecule has 0 bridgehead atoms. The molecule has 29 heavy (non-hydrogen) atoms. The van der Waals surface area contributed by atoms with Crippen LogP contribution in [0.1, 0.15) is 44.3 Å². The SMILES string of the molecule is I.c1coc(CCNC(=NCC2CCCCO2)NC2CCOC3(CCSC3)C2)c1. The number of aliphatic imine (C=N–C) groups is 1. The van der Waals surface area contributed by atoms with Gasteiger partial charge >= 0.3 is 0 Å². The maximum absolute atomic E-state index is 6.17. The Morgan fingerprint density at radius 2 is 2.24 bits per heavy atom. The second kappa shape index (κ2) is 11.8. The maximum atomic E-state index is 6.17. The first-order valence-electron chi connectivity index (χ1n) is 10.7. The van der Waals surface area contributed by atoms with Crippen LogP contribution in [0.25, 0.3) is 0 Å². The molecule has 6 nitrogen and oxygen atoms in total. The maximum Gasteiger partial charge on any atom is 0.191 e. The predicted molar refractivity (Wildman–Crippen MR) is 129 cm³/mol. The van der Waals surface area contributed by atoms with Crippen molar-refractivity contribution in [1.82, 2.24) is 10.6 Å². The summed E-state index contributed by atoms with van der Waals surface area (Å²) in [4.78, 5) is 4.87. The Labute approximate surface area is 195 Å². The molecule has 0 radical (unpaired) electrons. The van der Waals surface area contributed by atoms with Gasteiger partial charge in [-0.1, -0.05) is 0 Å². The van der Waals surface area contributed by atoms with Crippen molar-refractivity contribution in [3.8, 4) is 0 Å². The first kappa shape index (κ1) is 23.2. The number of hydrogen-bond donors (Lipinski definition) is 2. The Morgan fingerprint density at radius 3 is 3.00 bits per heavy atom. The molecule has 0 saturated carbocycles. The highest BCUT2D eigenvalue weighted by Crippen LogP contribution is 2.38. The van der Waals surface area contributed by atoms with Crippen molar-refractivity contribution in [3.05, 3.63) is 24.2 Å². The minimum absolute atomic E-state index is 0. The first-order chi connectivity index (χ1) is 13.8. The van der Waals surface area contributed by atoms with E-state index in [9.17, 15) is 0 Å². The number of nitrogens with one attached hydrogen (secondary N) is 2. The molecule has 3 saturated heterocycles. The molecule has 4 heterocycles. The van der Waals surface area contributed by atoms with Crippen LogP contribution in [0.2, 0.25) is 0 Å². The third-order valence-corrected chi connectivity index (χ3v) is 7.09. The van der Waals surface area contributed by atoms with Crippen LogP contribution in [0.5, 0.6) is 0 Å². The van der Waals surface area contributed by atoms with Gasteiger partial charge in [0.1, 0.15) is 5.76 Å². The minimum Gasteiger partial charge on any atom is -0.469 e. The van der Waals surface area contributed by atoms with Crippen LogP contribution in [0.15, 0.2) is 27.8 Å². The van der Waals surface area contributed by atoms with Gasteiger partial charge in [0, 0.05) is 38.0 Å². The second-order valence-corrected chi connectivity index (χ2v) is 9.21. The molecule has 1 aromatic rings.